The summed E-state index contributed by atoms with van der Waals surface area (Å²) in [6, 6.07) is 24.5. The van der Waals surface area contributed by atoms with Crippen molar-refractivity contribution < 1.29 is 14.3 Å². The molecule has 1 aliphatic heterocycles. The molecule has 1 heterocycles. The highest BCUT2D eigenvalue weighted by atomic mass is 16.5. The van der Waals surface area contributed by atoms with Gasteiger partial charge in [-0.15, -0.1) is 0 Å². The Labute approximate surface area is 213 Å². The van der Waals surface area contributed by atoms with Crippen LogP contribution in [0.15, 0.2) is 78.9 Å². The number of hydrogen-bond donors (Lipinski definition) is 2. The predicted octanol–water partition coefficient (Wildman–Crippen LogP) is 6.21. The van der Waals surface area contributed by atoms with Crippen LogP contribution in [-0.2, 0) is 4.79 Å². The average Bonchev–Trinajstić information content (AvgIpc) is 3.40. The van der Waals surface area contributed by atoms with Crippen molar-refractivity contribution in [2.45, 2.75) is 32.7 Å². The molecule has 7 nitrogen and oxygen atoms in total. The Hall–Kier alpha value is -4.00. The third kappa shape index (κ3) is 6.36. The molecule has 36 heavy (non-hydrogen) atoms. The van der Waals surface area contributed by atoms with Crippen molar-refractivity contribution in [3.8, 4) is 11.5 Å². The number of nitrogens with zero attached hydrogens (tertiary/aromatic N) is 2. The third-order valence-corrected chi connectivity index (χ3v) is 6.67. The SMILES string of the molecule is CCC(C)C(=O)N(C)C1CCN(c2ccc(NC(=O)Nc3ccc(Oc4ccccc4)cc3)cc2)C1. The number of carbonyl (C=O) groups is 2. The molecule has 0 saturated carbocycles. The van der Waals surface area contributed by atoms with Gasteiger partial charge < -0.3 is 25.2 Å². The molecule has 3 aromatic carbocycles. The predicted molar refractivity (Wildman–Crippen MR) is 145 cm³/mol. The van der Waals surface area contributed by atoms with E-state index in [1.807, 2.05) is 92.5 Å². The lowest BCUT2D eigenvalue weighted by atomic mass is 10.1. The van der Waals surface area contributed by atoms with E-state index in [-0.39, 0.29) is 23.9 Å². The fourth-order valence-electron chi connectivity index (χ4n) is 4.27. The standard InChI is InChI=1S/C29H34N4O3/c1-4-21(2)28(34)32(3)25-18-19-33(20-25)24-14-10-22(11-15-24)30-29(35)31-23-12-16-27(17-13-23)36-26-8-6-5-7-9-26/h5-17,21,25H,4,18-20H2,1-3H3,(H2,30,31,35). The Morgan fingerprint density at radius 3 is 2.14 bits per heavy atom. The van der Waals surface area contributed by atoms with Crippen molar-refractivity contribution in [3.05, 3.63) is 78.9 Å². The minimum absolute atomic E-state index is 0.0566. The lowest BCUT2D eigenvalue weighted by molar-refractivity contribution is -0.135. The van der Waals surface area contributed by atoms with E-state index in [9.17, 15) is 9.59 Å². The van der Waals surface area contributed by atoms with Crippen LogP contribution in [0.4, 0.5) is 21.9 Å². The molecular weight excluding hydrogens is 452 g/mol. The largest absolute Gasteiger partial charge is 0.457 e. The number of rotatable bonds is 8. The fraction of sp³-hybridized carbons (Fsp3) is 0.310. The van der Waals surface area contributed by atoms with E-state index in [0.29, 0.717) is 17.1 Å². The summed E-state index contributed by atoms with van der Waals surface area (Å²) in [5.74, 6) is 1.73. The van der Waals surface area contributed by atoms with Gasteiger partial charge in [-0.2, -0.15) is 0 Å². The zero-order chi connectivity index (χ0) is 25.5. The van der Waals surface area contributed by atoms with Crippen LogP contribution in [0.25, 0.3) is 0 Å². The highest BCUT2D eigenvalue weighted by Crippen LogP contribution is 2.26. The molecule has 2 N–H and O–H groups in total. The molecule has 1 saturated heterocycles. The minimum Gasteiger partial charge on any atom is -0.457 e. The monoisotopic (exact) mass is 486 g/mol. The van der Waals surface area contributed by atoms with E-state index in [1.54, 1.807) is 12.1 Å². The van der Waals surface area contributed by atoms with E-state index in [2.05, 4.69) is 15.5 Å². The van der Waals surface area contributed by atoms with Crippen molar-refractivity contribution in [2.24, 2.45) is 5.92 Å². The van der Waals surface area contributed by atoms with Gasteiger partial charge in [0.2, 0.25) is 5.91 Å². The Morgan fingerprint density at radius 2 is 1.53 bits per heavy atom. The molecule has 0 aromatic heterocycles. The molecule has 1 fully saturated rings. The lowest BCUT2D eigenvalue weighted by Gasteiger charge is -2.27. The molecule has 0 bridgehead atoms. The van der Waals surface area contributed by atoms with Crippen molar-refractivity contribution >= 4 is 29.0 Å². The second-order valence-electron chi connectivity index (χ2n) is 9.21. The second-order valence-corrected chi connectivity index (χ2v) is 9.21. The Morgan fingerprint density at radius 1 is 0.944 bits per heavy atom. The number of hydrogen-bond acceptors (Lipinski definition) is 4. The van der Waals surface area contributed by atoms with Crippen molar-refractivity contribution in [1.29, 1.82) is 0 Å². The Balaban J connectivity index is 1.27. The van der Waals surface area contributed by atoms with Gasteiger partial charge in [0, 0.05) is 43.1 Å². The number of ether oxygens (including phenoxy) is 1. The molecule has 0 aliphatic carbocycles. The first-order valence-electron chi connectivity index (χ1n) is 12.5. The fourth-order valence-corrected chi connectivity index (χ4v) is 4.27. The molecule has 2 atom stereocenters. The number of para-hydroxylation sites is 1. The first-order valence-corrected chi connectivity index (χ1v) is 12.5. The quantitative estimate of drug-likeness (QED) is 0.397. The minimum atomic E-state index is -0.314. The number of anilines is 3. The molecule has 1 aliphatic rings. The van der Waals surface area contributed by atoms with Gasteiger partial charge in [0.15, 0.2) is 0 Å². The highest BCUT2D eigenvalue weighted by Gasteiger charge is 2.30. The molecule has 0 radical (unpaired) electrons. The number of benzene rings is 3. The van der Waals surface area contributed by atoms with Crippen molar-refractivity contribution in [1.82, 2.24) is 4.90 Å². The van der Waals surface area contributed by atoms with Gasteiger partial charge in [0.1, 0.15) is 11.5 Å². The number of amides is 3. The van der Waals surface area contributed by atoms with Crippen LogP contribution in [0.3, 0.4) is 0 Å². The summed E-state index contributed by atoms with van der Waals surface area (Å²) >= 11 is 0. The highest BCUT2D eigenvalue weighted by molar-refractivity contribution is 5.99. The number of carbonyl (C=O) groups excluding carboxylic acids is 2. The van der Waals surface area contributed by atoms with Gasteiger partial charge in [-0.05, 0) is 73.5 Å². The van der Waals surface area contributed by atoms with Crippen LogP contribution in [-0.4, -0.2) is 43.0 Å². The van der Waals surface area contributed by atoms with E-state index in [1.165, 1.54) is 0 Å². The third-order valence-electron chi connectivity index (χ3n) is 6.67. The molecule has 7 heteroatoms. The van der Waals surface area contributed by atoms with E-state index in [4.69, 9.17) is 4.74 Å². The van der Waals surface area contributed by atoms with Gasteiger partial charge in [0.05, 0.1) is 6.04 Å². The van der Waals surface area contributed by atoms with Gasteiger partial charge >= 0.3 is 6.03 Å². The maximum Gasteiger partial charge on any atom is 0.323 e. The van der Waals surface area contributed by atoms with Crippen LogP contribution in [0.2, 0.25) is 0 Å². The zero-order valence-electron chi connectivity index (χ0n) is 21.1. The van der Waals surface area contributed by atoms with Gasteiger partial charge in [-0.25, -0.2) is 4.79 Å². The zero-order valence-corrected chi connectivity index (χ0v) is 21.1. The molecule has 188 valence electrons. The van der Waals surface area contributed by atoms with Gasteiger partial charge in [-0.1, -0.05) is 32.0 Å². The molecule has 0 spiro atoms. The first kappa shape index (κ1) is 25.1. The van der Waals surface area contributed by atoms with Crippen molar-refractivity contribution in [3.63, 3.8) is 0 Å². The van der Waals surface area contributed by atoms with Crippen LogP contribution in [0.1, 0.15) is 26.7 Å². The topological polar surface area (TPSA) is 73.9 Å². The summed E-state index contributed by atoms with van der Waals surface area (Å²) in [5, 5.41) is 5.71. The second kappa shape index (κ2) is 11.6. The van der Waals surface area contributed by atoms with Gasteiger partial charge in [0.25, 0.3) is 0 Å². The maximum atomic E-state index is 12.5. The first-order chi connectivity index (χ1) is 17.4. The van der Waals surface area contributed by atoms with Crippen LogP contribution < -0.4 is 20.3 Å². The van der Waals surface area contributed by atoms with Crippen LogP contribution in [0.5, 0.6) is 11.5 Å². The maximum absolute atomic E-state index is 12.5. The van der Waals surface area contributed by atoms with Crippen molar-refractivity contribution in [2.75, 3.05) is 35.7 Å². The summed E-state index contributed by atoms with van der Waals surface area (Å²) in [6.07, 6.45) is 1.81. The summed E-state index contributed by atoms with van der Waals surface area (Å²) in [4.78, 5) is 29.2. The van der Waals surface area contributed by atoms with Crippen LogP contribution >= 0.6 is 0 Å². The number of nitrogens with one attached hydrogen (secondary N) is 2. The molecular formula is C29H34N4O3. The summed E-state index contributed by atoms with van der Waals surface area (Å²) in [5.41, 5.74) is 2.46. The molecule has 2 unspecified atom stereocenters. The average molecular weight is 487 g/mol. The Kier molecular flexibility index (Phi) is 8.10. The number of likely N-dealkylation sites (N-methyl/N-ethyl adjacent to an activating group) is 1. The van der Waals surface area contributed by atoms with E-state index < -0.39 is 0 Å². The van der Waals surface area contributed by atoms with E-state index in [0.717, 1.165) is 37.4 Å². The lowest BCUT2D eigenvalue weighted by Crippen LogP contribution is -2.41. The number of urea groups is 1. The normalized spacial score (nSPS) is 15.8. The summed E-state index contributed by atoms with van der Waals surface area (Å²) in [7, 11) is 1.91. The molecule has 3 amide bonds. The summed E-state index contributed by atoms with van der Waals surface area (Å²) in [6.45, 7) is 5.75. The Bertz CT molecular complexity index is 1150. The van der Waals surface area contributed by atoms with Crippen LogP contribution in [0, 0.1) is 5.92 Å². The van der Waals surface area contributed by atoms with E-state index >= 15 is 0 Å². The smallest absolute Gasteiger partial charge is 0.323 e. The summed E-state index contributed by atoms with van der Waals surface area (Å²) < 4.78 is 5.78. The molecule has 4 rings (SSSR count). The molecule has 3 aromatic rings. The van der Waals surface area contributed by atoms with Gasteiger partial charge in [-0.3, -0.25) is 4.79 Å².